The summed E-state index contributed by atoms with van der Waals surface area (Å²) in [6, 6.07) is 2.00. The molecular formula is C14H20N6O. The minimum absolute atomic E-state index is 0.0484. The molecule has 2 aromatic heterocycles. The molecule has 21 heavy (non-hydrogen) atoms. The highest BCUT2D eigenvalue weighted by Gasteiger charge is 2.26. The van der Waals surface area contributed by atoms with E-state index in [4.69, 9.17) is 4.74 Å². The van der Waals surface area contributed by atoms with Gasteiger partial charge < -0.3 is 9.64 Å². The molecule has 112 valence electrons. The van der Waals surface area contributed by atoms with Crippen molar-refractivity contribution in [2.24, 2.45) is 0 Å². The maximum atomic E-state index is 5.91. The molecule has 0 radical (unpaired) electrons. The standard InChI is InChI=1S/C14H20N6O/c1-19(2)14-13(15-5-6-16-14)12-10-20(7-8-21-12)9-11-3-4-17-18-11/h3-6,12H,7-10H2,1-2H3,(H,17,18). The van der Waals surface area contributed by atoms with E-state index in [0.717, 1.165) is 36.8 Å². The van der Waals surface area contributed by atoms with Crippen LogP contribution in [0, 0.1) is 0 Å². The summed E-state index contributed by atoms with van der Waals surface area (Å²) in [5.41, 5.74) is 2.01. The van der Waals surface area contributed by atoms with Gasteiger partial charge in [0.05, 0.1) is 6.61 Å². The summed E-state index contributed by atoms with van der Waals surface area (Å²) in [6.45, 7) is 3.26. The molecule has 1 saturated heterocycles. The Hall–Kier alpha value is -1.99. The number of nitrogens with one attached hydrogen (secondary N) is 1. The molecule has 1 aliphatic heterocycles. The second kappa shape index (κ2) is 6.19. The zero-order valence-corrected chi connectivity index (χ0v) is 12.4. The van der Waals surface area contributed by atoms with E-state index in [0.29, 0.717) is 6.61 Å². The predicted molar refractivity (Wildman–Crippen MR) is 78.9 cm³/mol. The van der Waals surface area contributed by atoms with Gasteiger partial charge in [-0.05, 0) is 6.07 Å². The van der Waals surface area contributed by atoms with Gasteiger partial charge in [-0.25, -0.2) is 4.98 Å². The number of morpholine rings is 1. The SMILES string of the molecule is CN(C)c1nccnc1C1CN(Cc2ccn[nH]2)CCO1. The van der Waals surface area contributed by atoms with Gasteiger partial charge in [0.25, 0.3) is 0 Å². The van der Waals surface area contributed by atoms with Crippen LogP contribution in [-0.4, -0.2) is 58.9 Å². The lowest BCUT2D eigenvalue weighted by Crippen LogP contribution is -2.38. The third kappa shape index (κ3) is 3.20. The summed E-state index contributed by atoms with van der Waals surface area (Å²) in [5.74, 6) is 0.867. The van der Waals surface area contributed by atoms with Gasteiger partial charge >= 0.3 is 0 Å². The van der Waals surface area contributed by atoms with Crippen LogP contribution in [0.15, 0.2) is 24.7 Å². The van der Waals surface area contributed by atoms with Gasteiger partial charge in [0.2, 0.25) is 0 Å². The molecule has 3 rings (SSSR count). The van der Waals surface area contributed by atoms with Crippen molar-refractivity contribution in [3.63, 3.8) is 0 Å². The molecule has 1 fully saturated rings. The summed E-state index contributed by atoms with van der Waals surface area (Å²) >= 11 is 0. The minimum atomic E-state index is -0.0484. The molecule has 7 nitrogen and oxygen atoms in total. The monoisotopic (exact) mass is 288 g/mol. The van der Waals surface area contributed by atoms with E-state index in [1.54, 1.807) is 18.6 Å². The molecule has 0 saturated carbocycles. The largest absolute Gasteiger partial charge is 0.369 e. The number of nitrogens with zero attached hydrogens (tertiary/aromatic N) is 5. The highest BCUT2D eigenvalue weighted by molar-refractivity contribution is 5.42. The molecule has 0 spiro atoms. The van der Waals surface area contributed by atoms with Crippen LogP contribution in [0.25, 0.3) is 0 Å². The van der Waals surface area contributed by atoms with Crippen LogP contribution in [0.2, 0.25) is 0 Å². The van der Waals surface area contributed by atoms with E-state index in [9.17, 15) is 0 Å². The second-order valence-corrected chi connectivity index (χ2v) is 5.34. The molecular weight excluding hydrogens is 268 g/mol. The zero-order valence-electron chi connectivity index (χ0n) is 12.4. The van der Waals surface area contributed by atoms with E-state index in [2.05, 4.69) is 25.1 Å². The highest BCUT2D eigenvalue weighted by atomic mass is 16.5. The lowest BCUT2D eigenvalue weighted by molar-refractivity contribution is -0.0352. The molecule has 2 aromatic rings. The third-order valence-corrected chi connectivity index (χ3v) is 3.54. The lowest BCUT2D eigenvalue weighted by atomic mass is 10.2. The van der Waals surface area contributed by atoms with E-state index in [1.165, 1.54) is 0 Å². The number of H-pyrrole nitrogens is 1. The Morgan fingerprint density at radius 3 is 2.95 bits per heavy atom. The number of hydrogen-bond acceptors (Lipinski definition) is 6. The predicted octanol–water partition coefficient (Wildman–Crippen LogP) is 0.839. The number of ether oxygens (including phenoxy) is 1. The van der Waals surface area contributed by atoms with Crippen molar-refractivity contribution in [3.05, 3.63) is 36.0 Å². The Balaban J connectivity index is 1.74. The van der Waals surface area contributed by atoms with Gasteiger partial charge in [-0.1, -0.05) is 0 Å². The van der Waals surface area contributed by atoms with Crippen LogP contribution < -0.4 is 4.90 Å². The summed E-state index contributed by atoms with van der Waals surface area (Å²) in [4.78, 5) is 13.2. The molecule has 0 amide bonds. The normalized spacial score (nSPS) is 19.6. The fourth-order valence-corrected chi connectivity index (χ4v) is 2.54. The first-order chi connectivity index (χ1) is 10.2. The lowest BCUT2D eigenvalue weighted by Gasteiger charge is -2.33. The van der Waals surface area contributed by atoms with Gasteiger partial charge in [-0.3, -0.25) is 15.0 Å². The van der Waals surface area contributed by atoms with Crippen molar-refractivity contribution in [3.8, 4) is 0 Å². The smallest absolute Gasteiger partial charge is 0.152 e. The van der Waals surface area contributed by atoms with Crippen LogP contribution in [0.3, 0.4) is 0 Å². The van der Waals surface area contributed by atoms with Crippen molar-refractivity contribution >= 4 is 5.82 Å². The van der Waals surface area contributed by atoms with E-state index in [1.807, 2.05) is 25.1 Å². The maximum absolute atomic E-state index is 5.91. The van der Waals surface area contributed by atoms with Crippen LogP contribution in [0.1, 0.15) is 17.5 Å². The van der Waals surface area contributed by atoms with Crippen LogP contribution in [0.4, 0.5) is 5.82 Å². The van der Waals surface area contributed by atoms with E-state index in [-0.39, 0.29) is 6.10 Å². The summed E-state index contributed by atoms with van der Waals surface area (Å²) in [7, 11) is 3.94. The number of hydrogen-bond donors (Lipinski definition) is 1. The van der Waals surface area contributed by atoms with Crippen molar-refractivity contribution in [1.29, 1.82) is 0 Å². The van der Waals surface area contributed by atoms with Crippen molar-refractivity contribution in [1.82, 2.24) is 25.1 Å². The molecule has 1 aliphatic rings. The summed E-state index contributed by atoms with van der Waals surface area (Å²) < 4.78 is 5.91. The third-order valence-electron chi connectivity index (χ3n) is 3.54. The van der Waals surface area contributed by atoms with Crippen LogP contribution in [-0.2, 0) is 11.3 Å². The number of rotatable bonds is 4. The first-order valence-corrected chi connectivity index (χ1v) is 7.04. The fraction of sp³-hybridized carbons (Fsp3) is 0.500. The molecule has 1 atom stereocenters. The zero-order chi connectivity index (χ0) is 14.7. The summed E-state index contributed by atoms with van der Waals surface area (Å²) in [5, 5.41) is 6.99. The number of aromatic nitrogens is 4. The maximum Gasteiger partial charge on any atom is 0.152 e. The molecule has 3 heterocycles. The average Bonchev–Trinajstić information content (AvgIpc) is 3.00. The summed E-state index contributed by atoms with van der Waals surface area (Å²) in [6.07, 6.45) is 5.16. The number of anilines is 1. The van der Waals surface area contributed by atoms with Crippen LogP contribution in [0.5, 0.6) is 0 Å². The molecule has 0 bridgehead atoms. The average molecular weight is 288 g/mol. The first kappa shape index (κ1) is 14.0. The molecule has 1 N–H and O–H groups in total. The second-order valence-electron chi connectivity index (χ2n) is 5.34. The van der Waals surface area contributed by atoms with E-state index < -0.39 is 0 Å². The van der Waals surface area contributed by atoms with Gasteiger partial charge in [0.1, 0.15) is 11.8 Å². The van der Waals surface area contributed by atoms with Crippen molar-refractivity contribution in [2.45, 2.75) is 12.6 Å². The van der Waals surface area contributed by atoms with Crippen molar-refractivity contribution in [2.75, 3.05) is 38.7 Å². The molecule has 7 heteroatoms. The molecule has 1 unspecified atom stereocenters. The molecule has 0 aromatic carbocycles. The molecule has 0 aliphatic carbocycles. The quantitative estimate of drug-likeness (QED) is 0.899. The Bertz CT molecular complexity index is 571. The van der Waals surface area contributed by atoms with Crippen LogP contribution >= 0.6 is 0 Å². The Morgan fingerprint density at radius 2 is 2.19 bits per heavy atom. The Labute approximate surface area is 124 Å². The Kier molecular flexibility index (Phi) is 4.12. The van der Waals surface area contributed by atoms with Crippen molar-refractivity contribution < 1.29 is 4.74 Å². The topological polar surface area (TPSA) is 70.2 Å². The number of aromatic amines is 1. The fourth-order valence-electron chi connectivity index (χ4n) is 2.54. The van der Waals surface area contributed by atoms with Gasteiger partial charge in [0.15, 0.2) is 5.82 Å². The highest BCUT2D eigenvalue weighted by Crippen LogP contribution is 2.26. The first-order valence-electron chi connectivity index (χ1n) is 7.04. The van der Waals surface area contributed by atoms with Gasteiger partial charge in [-0.2, -0.15) is 5.10 Å². The minimum Gasteiger partial charge on any atom is -0.369 e. The van der Waals surface area contributed by atoms with Gasteiger partial charge in [-0.15, -0.1) is 0 Å². The van der Waals surface area contributed by atoms with E-state index >= 15 is 0 Å². The van der Waals surface area contributed by atoms with Gasteiger partial charge in [0, 0.05) is 58.0 Å². The Morgan fingerprint density at radius 1 is 1.33 bits per heavy atom.